The molecule has 0 bridgehead atoms. The van der Waals surface area contributed by atoms with Gasteiger partial charge in [0.1, 0.15) is 13.2 Å². The second-order valence-corrected chi connectivity index (χ2v) is 16.7. The molecular formula is C55H52N8O6. The average molecular weight is 921 g/mol. The van der Waals surface area contributed by atoms with Gasteiger partial charge in [-0.2, -0.15) is 0 Å². The lowest BCUT2D eigenvalue weighted by atomic mass is 9.98. The van der Waals surface area contributed by atoms with E-state index in [1.807, 2.05) is 62.4 Å². The third-order valence-corrected chi connectivity index (χ3v) is 11.7. The van der Waals surface area contributed by atoms with Crippen LogP contribution in [0.3, 0.4) is 0 Å². The third kappa shape index (κ3) is 10.9. The highest BCUT2D eigenvalue weighted by atomic mass is 16.5. The summed E-state index contributed by atoms with van der Waals surface area (Å²) in [5.74, 6) is 0.138. The van der Waals surface area contributed by atoms with Crippen LogP contribution >= 0.6 is 0 Å². The molecule has 2 aromatic heterocycles. The lowest BCUT2D eigenvalue weighted by Crippen LogP contribution is -2.18. The van der Waals surface area contributed by atoms with E-state index in [4.69, 9.17) is 15.2 Å². The van der Waals surface area contributed by atoms with Crippen LogP contribution < -0.4 is 21.7 Å². The molecule has 10 rings (SSSR count). The number of esters is 1. The van der Waals surface area contributed by atoms with Crippen molar-refractivity contribution in [3.63, 3.8) is 0 Å². The van der Waals surface area contributed by atoms with E-state index in [2.05, 4.69) is 74.4 Å². The van der Waals surface area contributed by atoms with Crippen LogP contribution in [0.4, 0.5) is 27.5 Å². The first-order chi connectivity index (χ1) is 33.3. The molecule has 14 nitrogen and oxygen atoms in total. The number of nitrogens with one attached hydrogen (secondary N) is 3. The number of nitrogens with zero attached hydrogens (tertiary/aromatic N) is 4. The summed E-state index contributed by atoms with van der Waals surface area (Å²) in [6.45, 7) is 5.80. The van der Waals surface area contributed by atoms with E-state index in [0.29, 0.717) is 41.0 Å². The maximum Gasteiger partial charge on any atom is 0.411 e. The van der Waals surface area contributed by atoms with Gasteiger partial charge in [0, 0.05) is 68.0 Å². The predicted octanol–water partition coefficient (Wildman–Crippen LogP) is 10.3. The summed E-state index contributed by atoms with van der Waals surface area (Å²) in [6.07, 6.45) is 3.07. The highest BCUT2D eigenvalue weighted by molar-refractivity contribution is 6.02. The van der Waals surface area contributed by atoms with Gasteiger partial charge in [-0.1, -0.05) is 97.1 Å². The van der Waals surface area contributed by atoms with Crippen molar-refractivity contribution < 1.29 is 28.7 Å². The Morgan fingerprint density at radius 2 is 0.841 bits per heavy atom. The molecule has 0 unspecified atom stereocenters. The number of hydrogen-bond acceptors (Lipinski definition) is 9. The van der Waals surface area contributed by atoms with Crippen molar-refractivity contribution in [3.8, 4) is 22.3 Å². The maximum absolute atomic E-state index is 12.5. The van der Waals surface area contributed by atoms with Crippen LogP contribution in [0.2, 0.25) is 0 Å². The number of hydrogen-bond donors (Lipinski definition) is 4. The normalized spacial score (nSPS) is 11.8. The number of aryl methyl sites for hydroxylation is 4. The Bertz CT molecular complexity index is 3070. The fourth-order valence-electron chi connectivity index (χ4n) is 8.62. The van der Waals surface area contributed by atoms with E-state index < -0.39 is 6.09 Å². The SMILES string of the molecule is CC(=O)OCC1c2ccccc2-c2ccccc21.Cc1cn(C)c(C(=O)Nc2ccc(N)cc2)n1.Cc1cn(C)c(C(=O)Nc2ccc(NC(=O)OCC3c4ccccc4-c4ccccc43)cc2)n1. The number of anilines is 4. The lowest BCUT2D eigenvalue weighted by molar-refractivity contribution is -0.141. The zero-order chi connectivity index (χ0) is 48.6. The summed E-state index contributed by atoms with van der Waals surface area (Å²) < 4.78 is 14.2. The second-order valence-electron chi connectivity index (χ2n) is 16.7. The molecule has 0 saturated heterocycles. The van der Waals surface area contributed by atoms with Crippen molar-refractivity contribution in [2.24, 2.45) is 14.1 Å². The van der Waals surface area contributed by atoms with Crippen LogP contribution in [0.1, 0.15) is 73.6 Å². The molecule has 2 aliphatic rings. The van der Waals surface area contributed by atoms with E-state index >= 15 is 0 Å². The van der Waals surface area contributed by atoms with E-state index in [-0.39, 0.29) is 36.2 Å². The molecule has 6 aromatic carbocycles. The molecule has 0 atom stereocenters. The molecule has 0 spiro atoms. The van der Waals surface area contributed by atoms with E-state index in [0.717, 1.165) is 11.4 Å². The van der Waals surface area contributed by atoms with Gasteiger partial charge in [-0.25, -0.2) is 14.8 Å². The van der Waals surface area contributed by atoms with Crippen molar-refractivity contribution >= 4 is 46.6 Å². The van der Waals surface area contributed by atoms with Crippen molar-refractivity contribution in [1.82, 2.24) is 19.1 Å². The van der Waals surface area contributed by atoms with Crippen LogP contribution in [0.5, 0.6) is 0 Å². The van der Waals surface area contributed by atoms with Gasteiger partial charge in [0.25, 0.3) is 11.8 Å². The molecule has 2 aliphatic carbocycles. The van der Waals surface area contributed by atoms with Crippen LogP contribution in [-0.4, -0.2) is 56.2 Å². The highest BCUT2D eigenvalue weighted by Gasteiger charge is 2.30. The average Bonchev–Trinajstić information content (AvgIpc) is 4.08. The van der Waals surface area contributed by atoms with E-state index in [9.17, 15) is 19.2 Å². The fourth-order valence-corrected chi connectivity index (χ4v) is 8.62. The Kier molecular flexibility index (Phi) is 14.1. The summed E-state index contributed by atoms with van der Waals surface area (Å²) >= 11 is 0. The number of rotatable bonds is 9. The number of aromatic nitrogens is 4. The minimum Gasteiger partial charge on any atom is -0.465 e. The molecule has 0 aliphatic heterocycles. The van der Waals surface area contributed by atoms with Crippen molar-refractivity contribution in [2.75, 3.05) is 34.9 Å². The van der Waals surface area contributed by atoms with Gasteiger partial charge in [-0.15, -0.1) is 0 Å². The number of ether oxygens (including phenoxy) is 2. The Hall–Kier alpha value is -8.78. The topological polar surface area (TPSA) is 184 Å². The Labute approximate surface area is 400 Å². The van der Waals surface area contributed by atoms with Gasteiger partial charge in [0.05, 0.1) is 11.4 Å². The van der Waals surface area contributed by atoms with Crippen molar-refractivity contribution in [1.29, 1.82) is 0 Å². The highest BCUT2D eigenvalue weighted by Crippen LogP contribution is 2.45. The molecule has 69 heavy (non-hydrogen) atoms. The molecule has 8 aromatic rings. The zero-order valence-corrected chi connectivity index (χ0v) is 38.9. The largest absolute Gasteiger partial charge is 0.465 e. The van der Waals surface area contributed by atoms with Gasteiger partial charge in [-0.05, 0) is 107 Å². The zero-order valence-electron chi connectivity index (χ0n) is 38.9. The number of nitrogen functional groups attached to an aromatic ring is 1. The molecule has 348 valence electrons. The van der Waals surface area contributed by atoms with Gasteiger partial charge in [-0.3, -0.25) is 19.7 Å². The lowest BCUT2D eigenvalue weighted by Gasteiger charge is -2.14. The summed E-state index contributed by atoms with van der Waals surface area (Å²) in [4.78, 5) is 56.2. The van der Waals surface area contributed by atoms with Gasteiger partial charge >= 0.3 is 12.1 Å². The molecular weight excluding hydrogens is 869 g/mol. The van der Waals surface area contributed by atoms with E-state index in [1.165, 1.54) is 51.4 Å². The Morgan fingerprint density at radius 3 is 1.19 bits per heavy atom. The summed E-state index contributed by atoms with van der Waals surface area (Å²) in [7, 11) is 3.56. The van der Waals surface area contributed by atoms with Crippen molar-refractivity contribution in [3.05, 3.63) is 203 Å². The number of nitrogens with two attached hydrogens (primary N) is 1. The fraction of sp³-hybridized carbons (Fsp3) is 0.164. The first kappa shape index (κ1) is 46.7. The molecule has 5 N–H and O–H groups in total. The van der Waals surface area contributed by atoms with Crippen LogP contribution in [0.15, 0.2) is 158 Å². The quantitative estimate of drug-likeness (QED) is 0.0808. The second kappa shape index (κ2) is 20.8. The Balaban J connectivity index is 0.000000154. The number of benzene rings is 6. The maximum atomic E-state index is 12.5. The molecule has 0 saturated carbocycles. The third-order valence-electron chi connectivity index (χ3n) is 11.7. The Morgan fingerprint density at radius 1 is 0.507 bits per heavy atom. The molecule has 2 heterocycles. The van der Waals surface area contributed by atoms with Crippen LogP contribution in [0, 0.1) is 13.8 Å². The number of carbonyl (C=O) groups excluding carboxylic acids is 4. The molecule has 0 fully saturated rings. The predicted molar refractivity (Wildman–Crippen MR) is 268 cm³/mol. The van der Waals surface area contributed by atoms with Crippen molar-refractivity contribution in [2.45, 2.75) is 32.6 Å². The summed E-state index contributed by atoms with van der Waals surface area (Å²) in [5, 5.41) is 8.32. The number of carbonyl (C=O) groups is 4. The minimum atomic E-state index is -0.526. The molecule has 3 amide bonds. The van der Waals surface area contributed by atoms with Gasteiger partial charge in [0.15, 0.2) is 11.6 Å². The summed E-state index contributed by atoms with van der Waals surface area (Å²) in [6, 6.07) is 46.9. The first-order valence-electron chi connectivity index (χ1n) is 22.3. The minimum absolute atomic E-state index is 0.00509. The summed E-state index contributed by atoms with van der Waals surface area (Å²) in [5.41, 5.74) is 19.4. The molecule has 0 radical (unpaired) electrons. The van der Waals surface area contributed by atoms with E-state index in [1.54, 1.807) is 84.2 Å². The monoisotopic (exact) mass is 920 g/mol. The van der Waals surface area contributed by atoms with Gasteiger partial charge in [0.2, 0.25) is 0 Å². The number of amides is 3. The number of imidazole rings is 2. The number of fused-ring (bicyclic) bond motifs is 6. The van der Waals surface area contributed by atoms with Gasteiger partial charge < -0.3 is 35.0 Å². The van der Waals surface area contributed by atoms with Crippen LogP contribution in [0.25, 0.3) is 22.3 Å². The first-order valence-corrected chi connectivity index (χ1v) is 22.3. The smallest absolute Gasteiger partial charge is 0.411 e. The molecule has 14 heteroatoms. The van der Waals surface area contributed by atoms with Crippen LogP contribution in [-0.2, 0) is 28.4 Å². The standard InChI is InChI=1S/C27H24N4O3.C16H14O2.C12H14N4O/c1-17-15-31(2)25(28-17)26(32)29-18-11-13-19(14-12-18)30-27(33)34-16-24-22-9-5-3-7-20(22)21-8-4-6-10-23(21)24;1-11(17)18-10-16-14-8-4-2-6-12(14)13-7-3-5-9-15(13)16;1-8-7-16(2)11(14-8)12(17)15-10-5-3-9(13)4-6-10/h3-15,24H,16H2,1-2H3,(H,29,32)(H,30,33);2-9,16H,10H2,1H3;3-7H,13H2,1-2H3,(H,15,17).